The van der Waals surface area contributed by atoms with Crippen molar-refractivity contribution in [1.82, 2.24) is 10.3 Å². The standard InChI is InChI=1S/C30H30N4O5S/c1-21-10-13-24(14-11-21)40(37,38)34(27-17-22(2)12-15-28(27)39-3)20-29(35)33-26-9-5-4-8-25(26)30(36)32-19-23-7-6-16-31-18-23/h4-18H,19-20H2,1-3H3,(H,32,36)(H,33,35). The zero-order valence-electron chi connectivity index (χ0n) is 22.4. The first kappa shape index (κ1) is 28.3. The number of aryl methyl sites for hydroxylation is 2. The van der Waals surface area contributed by atoms with Crippen LogP contribution in [0, 0.1) is 13.8 Å². The highest BCUT2D eigenvalue weighted by molar-refractivity contribution is 7.92. The zero-order valence-corrected chi connectivity index (χ0v) is 23.2. The fourth-order valence-corrected chi connectivity index (χ4v) is 5.45. The molecule has 4 aromatic rings. The van der Waals surface area contributed by atoms with Crippen molar-refractivity contribution in [3.8, 4) is 5.75 Å². The molecular formula is C30H30N4O5S. The number of rotatable bonds is 10. The summed E-state index contributed by atoms with van der Waals surface area (Å²) < 4.78 is 34.1. The highest BCUT2D eigenvalue weighted by Crippen LogP contribution is 2.33. The molecule has 0 saturated heterocycles. The Hall–Kier alpha value is -4.70. The number of pyridine rings is 1. The SMILES string of the molecule is COc1ccc(C)cc1N(CC(=O)Nc1ccccc1C(=O)NCc1cccnc1)S(=O)(=O)c1ccc(C)cc1. The van der Waals surface area contributed by atoms with Crippen LogP contribution in [0.15, 0.2) is 96.2 Å². The van der Waals surface area contributed by atoms with Crippen LogP contribution in [-0.2, 0) is 21.4 Å². The van der Waals surface area contributed by atoms with Gasteiger partial charge in [0.2, 0.25) is 5.91 Å². The number of ether oxygens (including phenoxy) is 1. The average molecular weight is 559 g/mol. The number of amides is 2. The molecule has 10 heteroatoms. The second-order valence-electron chi connectivity index (χ2n) is 9.14. The molecule has 40 heavy (non-hydrogen) atoms. The van der Waals surface area contributed by atoms with Gasteiger partial charge in [-0.3, -0.25) is 18.9 Å². The number of benzene rings is 3. The summed E-state index contributed by atoms with van der Waals surface area (Å²) in [5.41, 5.74) is 3.22. The number of anilines is 2. The Kier molecular flexibility index (Phi) is 8.80. The van der Waals surface area contributed by atoms with E-state index in [4.69, 9.17) is 4.74 Å². The van der Waals surface area contributed by atoms with Crippen LogP contribution in [0.25, 0.3) is 0 Å². The number of hydrogen-bond acceptors (Lipinski definition) is 6. The molecule has 0 aliphatic carbocycles. The summed E-state index contributed by atoms with van der Waals surface area (Å²) >= 11 is 0. The van der Waals surface area contributed by atoms with Crippen LogP contribution < -0.4 is 19.7 Å². The second kappa shape index (κ2) is 12.4. The quantitative estimate of drug-likeness (QED) is 0.297. The normalized spacial score (nSPS) is 11.0. The molecule has 206 valence electrons. The van der Waals surface area contributed by atoms with E-state index in [1.165, 1.54) is 19.2 Å². The van der Waals surface area contributed by atoms with Crippen molar-refractivity contribution < 1.29 is 22.7 Å². The molecular weight excluding hydrogens is 528 g/mol. The van der Waals surface area contributed by atoms with Gasteiger partial charge in [0.15, 0.2) is 0 Å². The Bertz CT molecular complexity index is 1610. The lowest BCUT2D eigenvalue weighted by atomic mass is 10.1. The van der Waals surface area contributed by atoms with Crippen molar-refractivity contribution >= 4 is 33.2 Å². The predicted molar refractivity (Wildman–Crippen MR) is 154 cm³/mol. The summed E-state index contributed by atoms with van der Waals surface area (Å²) in [6, 6.07) is 21.6. The first-order chi connectivity index (χ1) is 19.2. The largest absolute Gasteiger partial charge is 0.495 e. The third-order valence-electron chi connectivity index (χ3n) is 6.12. The van der Waals surface area contributed by atoms with Gasteiger partial charge in [0.05, 0.1) is 28.9 Å². The molecule has 2 N–H and O–H groups in total. The van der Waals surface area contributed by atoms with Crippen LogP contribution in [0.3, 0.4) is 0 Å². The number of para-hydroxylation sites is 1. The van der Waals surface area contributed by atoms with Gasteiger partial charge >= 0.3 is 0 Å². The third kappa shape index (κ3) is 6.65. The Morgan fingerprint density at radius 3 is 2.35 bits per heavy atom. The number of carbonyl (C=O) groups is 2. The monoisotopic (exact) mass is 558 g/mol. The molecule has 0 spiro atoms. The number of aromatic nitrogens is 1. The molecule has 0 atom stereocenters. The number of sulfonamides is 1. The van der Waals surface area contributed by atoms with Gasteiger partial charge in [-0.1, -0.05) is 42.0 Å². The van der Waals surface area contributed by atoms with Crippen LogP contribution in [-0.4, -0.2) is 38.9 Å². The van der Waals surface area contributed by atoms with E-state index in [9.17, 15) is 18.0 Å². The number of carbonyl (C=O) groups excluding carboxylic acids is 2. The van der Waals surface area contributed by atoms with Crippen molar-refractivity contribution in [2.24, 2.45) is 0 Å². The van der Waals surface area contributed by atoms with Crippen molar-refractivity contribution in [2.75, 3.05) is 23.3 Å². The number of nitrogens with zero attached hydrogens (tertiary/aromatic N) is 2. The maximum atomic E-state index is 13.8. The van der Waals surface area contributed by atoms with Gasteiger partial charge in [-0.2, -0.15) is 0 Å². The van der Waals surface area contributed by atoms with Crippen molar-refractivity contribution in [3.05, 3.63) is 114 Å². The summed E-state index contributed by atoms with van der Waals surface area (Å²) in [5.74, 6) is -0.736. The molecule has 2 amide bonds. The Morgan fingerprint density at radius 1 is 0.925 bits per heavy atom. The topological polar surface area (TPSA) is 118 Å². The predicted octanol–water partition coefficient (Wildman–Crippen LogP) is 4.47. The minimum absolute atomic E-state index is 0.0321. The second-order valence-corrected chi connectivity index (χ2v) is 11.0. The van der Waals surface area contributed by atoms with Gasteiger partial charge in [0, 0.05) is 18.9 Å². The zero-order chi connectivity index (χ0) is 28.7. The van der Waals surface area contributed by atoms with Crippen molar-refractivity contribution in [3.63, 3.8) is 0 Å². The Labute approximate surface area is 233 Å². The van der Waals surface area contributed by atoms with E-state index in [1.54, 1.807) is 73.1 Å². The van der Waals surface area contributed by atoms with Crippen LogP contribution >= 0.6 is 0 Å². The van der Waals surface area contributed by atoms with Crippen molar-refractivity contribution in [1.29, 1.82) is 0 Å². The third-order valence-corrected chi connectivity index (χ3v) is 7.89. The molecule has 1 heterocycles. The molecule has 0 aliphatic heterocycles. The van der Waals surface area contributed by atoms with E-state index >= 15 is 0 Å². The molecule has 0 aliphatic rings. The minimum atomic E-state index is -4.17. The first-order valence-electron chi connectivity index (χ1n) is 12.5. The van der Waals surface area contributed by atoms with E-state index in [0.717, 1.165) is 21.0 Å². The maximum absolute atomic E-state index is 13.8. The lowest BCUT2D eigenvalue weighted by Crippen LogP contribution is -2.38. The summed E-state index contributed by atoms with van der Waals surface area (Å²) in [4.78, 5) is 30.4. The lowest BCUT2D eigenvalue weighted by Gasteiger charge is -2.26. The Balaban J connectivity index is 1.62. The van der Waals surface area contributed by atoms with E-state index in [2.05, 4.69) is 15.6 Å². The van der Waals surface area contributed by atoms with E-state index in [0.29, 0.717) is 5.75 Å². The number of nitrogens with one attached hydrogen (secondary N) is 2. The molecule has 9 nitrogen and oxygen atoms in total. The van der Waals surface area contributed by atoms with Gasteiger partial charge < -0.3 is 15.4 Å². The highest BCUT2D eigenvalue weighted by Gasteiger charge is 2.30. The molecule has 0 fully saturated rings. The maximum Gasteiger partial charge on any atom is 0.264 e. The fraction of sp³-hybridized carbons (Fsp3) is 0.167. The first-order valence-corrected chi connectivity index (χ1v) is 13.9. The fourth-order valence-electron chi connectivity index (χ4n) is 4.02. The molecule has 3 aromatic carbocycles. The van der Waals surface area contributed by atoms with E-state index in [1.807, 2.05) is 19.9 Å². The number of methoxy groups -OCH3 is 1. The minimum Gasteiger partial charge on any atom is -0.495 e. The van der Waals surface area contributed by atoms with Gasteiger partial charge in [0.1, 0.15) is 12.3 Å². The van der Waals surface area contributed by atoms with Gasteiger partial charge in [-0.05, 0) is 67.4 Å². The molecule has 0 unspecified atom stereocenters. The smallest absolute Gasteiger partial charge is 0.264 e. The molecule has 4 rings (SSSR count). The van der Waals surface area contributed by atoms with Gasteiger partial charge in [0.25, 0.3) is 15.9 Å². The van der Waals surface area contributed by atoms with Gasteiger partial charge in [-0.15, -0.1) is 0 Å². The van der Waals surface area contributed by atoms with E-state index < -0.39 is 28.4 Å². The van der Waals surface area contributed by atoms with E-state index in [-0.39, 0.29) is 28.4 Å². The van der Waals surface area contributed by atoms with Crippen molar-refractivity contribution in [2.45, 2.75) is 25.3 Å². The van der Waals surface area contributed by atoms with Crippen LogP contribution in [0.5, 0.6) is 5.75 Å². The van der Waals surface area contributed by atoms with Crippen LogP contribution in [0.1, 0.15) is 27.0 Å². The average Bonchev–Trinajstić information content (AvgIpc) is 2.95. The van der Waals surface area contributed by atoms with Crippen LogP contribution in [0.2, 0.25) is 0 Å². The molecule has 0 saturated carbocycles. The lowest BCUT2D eigenvalue weighted by molar-refractivity contribution is -0.114. The summed E-state index contributed by atoms with van der Waals surface area (Å²) in [5, 5.41) is 5.53. The Morgan fingerprint density at radius 2 is 1.65 bits per heavy atom. The molecule has 0 radical (unpaired) electrons. The molecule has 0 bridgehead atoms. The summed E-state index contributed by atoms with van der Waals surface area (Å²) in [6.45, 7) is 3.38. The summed E-state index contributed by atoms with van der Waals surface area (Å²) in [6.07, 6.45) is 3.29. The number of hydrogen-bond donors (Lipinski definition) is 2. The molecule has 1 aromatic heterocycles. The summed E-state index contributed by atoms with van der Waals surface area (Å²) in [7, 11) is -2.73. The highest BCUT2D eigenvalue weighted by atomic mass is 32.2. The van der Waals surface area contributed by atoms with Crippen LogP contribution in [0.4, 0.5) is 11.4 Å². The van der Waals surface area contributed by atoms with Gasteiger partial charge in [-0.25, -0.2) is 8.42 Å².